The number of aryl methyl sites for hydroxylation is 2. The minimum atomic E-state index is -3.73. The van der Waals surface area contributed by atoms with Gasteiger partial charge in [0.25, 0.3) is 15.9 Å². The van der Waals surface area contributed by atoms with Crippen molar-refractivity contribution in [2.45, 2.75) is 24.2 Å². The van der Waals surface area contributed by atoms with Crippen molar-refractivity contribution in [3.63, 3.8) is 0 Å². The molecule has 5 nitrogen and oxygen atoms in total. The SMILES string of the molecule is CNC(=O)c1ccccc1NS(=O)(=O)c1ccc2c(c1)CCC2. The number of anilines is 1. The number of carbonyl (C=O) groups is 1. The van der Waals surface area contributed by atoms with Gasteiger partial charge >= 0.3 is 0 Å². The first-order valence-electron chi connectivity index (χ1n) is 7.47. The van der Waals surface area contributed by atoms with Gasteiger partial charge in [-0.05, 0) is 54.7 Å². The Morgan fingerprint density at radius 2 is 1.78 bits per heavy atom. The van der Waals surface area contributed by atoms with E-state index in [9.17, 15) is 13.2 Å². The zero-order valence-electron chi connectivity index (χ0n) is 12.8. The molecule has 0 unspecified atom stereocenters. The van der Waals surface area contributed by atoms with E-state index in [-0.39, 0.29) is 16.5 Å². The molecule has 23 heavy (non-hydrogen) atoms. The van der Waals surface area contributed by atoms with E-state index in [1.54, 1.807) is 36.4 Å². The van der Waals surface area contributed by atoms with E-state index in [4.69, 9.17) is 0 Å². The first-order valence-corrected chi connectivity index (χ1v) is 8.95. The van der Waals surface area contributed by atoms with Crippen LogP contribution in [0.15, 0.2) is 47.4 Å². The predicted octanol–water partition coefficient (Wildman–Crippen LogP) is 2.34. The minimum absolute atomic E-state index is 0.227. The maximum absolute atomic E-state index is 12.6. The quantitative estimate of drug-likeness (QED) is 0.903. The second-order valence-electron chi connectivity index (χ2n) is 5.51. The van der Waals surface area contributed by atoms with Gasteiger partial charge in [0, 0.05) is 7.05 Å². The Labute approximate surface area is 135 Å². The maximum Gasteiger partial charge on any atom is 0.261 e. The molecule has 0 aromatic heterocycles. The number of hydrogen-bond donors (Lipinski definition) is 2. The average Bonchev–Trinajstić information content (AvgIpc) is 3.02. The van der Waals surface area contributed by atoms with Crippen molar-refractivity contribution in [2.24, 2.45) is 0 Å². The highest BCUT2D eigenvalue weighted by atomic mass is 32.2. The number of carbonyl (C=O) groups excluding carboxylic acids is 1. The second-order valence-corrected chi connectivity index (χ2v) is 7.20. The van der Waals surface area contributed by atoms with E-state index in [0.717, 1.165) is 24.8 Å². The highest BCUT2D eigenvalue weighted by Crippen LogP contribution is 2.26. The Bertz CT molecular complexity index is 860. The summed E-state index contributed by atoms with van der Waals surface area (Å²) in [5.74, 6) is -0.336. The van der Waals surface area contributed by atoms with Gasteiger partial charge in [0.15, 0.2) is 0 Å². The molecule has 2 aromatic rings. The molecule has 0 aliphatic heterocycles. The van der Waals surface area contributed by atoms with Crippen molar-refractivity contribution in [1.29, 1.82) is 0 Å². The number of fused-ring (bicyclic) bond motifs is 1. The lowest BCUT2D eigenvalue weighted by atomic mass is 10.1. The standard InChI is InChI=1S/C17H18N2O3S/c1-18-17(20)15-7-2-3-8-16(15)19-23(21,22)14-10-9-12-5-4-6-13(12)11-14/h2-3,7-11,19H,4-6H2,1H3,(H,18,20). The summed E-state index contributed by atoms with van der Waals surface area (Å²) in [6.45, 7) is 0. The third kappa shape index (κ3) is 3.07. The van der Waals surface area contributed by atoms with Crippen LogP contribution in [0.1, 0.15) is 27.9 Å². The van der Waals surface area contributed by atoms with Crippen LogP contribution in [0.25, 0.3) is 0 Å². The van der Waals surface area contributed by atoms with Crippen molar-refractivity contribution in [1.82, 2.24) is 5.32 Å². The molecule has 1 aliphatic carbocycles. The summed E-state index contributed by atoms with van der Waals surface area (Å²) in [6.07, 6.45) is 2.97. The smallest absolute Gasteiger partial charge is 0.261 e. The van der Waals surface area contributed by atoms with Crippen LogP contribution in [0.2, 0.25) is 0 Å². The molecule has 1 amide bonds. The van der Waals surface area contributed by atoms with Gasteiger partial charge in [-0.25, -0.2) is 8.42 Å². The summed E-state index contributed by atoms with van der Waals surface area (Å²) in [7, 11) is -2.22. The predicted molar refractivity (Wildman–Crippen MR) is 89.1 cm³/mol. The molecule has 0 spiro atoms. The number of benzene rings is 2. The van der Waals surface area contributed by atoms with E-state index < -0.39 is 10.0 Å². The Balaban J connectivity index is 1.95. The lowest BCUT2D eigenvalue weighted by Gasteiger charge is -2.12. The Hall–Kier alpha value is -2.34. The van der Waals surface area contributed by atoms with Gasteiger partial charge in [0.05, 0.1) is 16.1 Å². The molecule has 2 aromatic carbocycles. The number of amides is 1. The second kappa shape index (κ2) is 6.04. The monoisotopic (exact) mass is 330 g/mol. The van der Waals surface area contributed by atoms with Crippen LogP contribution in [0, 0.1) is 0 Å². The van der Waals surface area contributed by atoms with Crippen LogP contribution >= 0.6 is 0 Å². The zero-order chi connectivity index (χ0) is 16.4. The van der Waals surface area contributed by atoms with Gasteiger partial charge in [0.1, 0.15) is 0 Å². The lowest BCUT2D eigenvalue weighted by molar-refractivity contribution is 0.0964. The molecule has 3 rings (SSSR count). The van der Waals surface area contributed by atoms with Crippen molar-refractivity contribution in [3.05, 3.63) is 59.2 Å². The number of rotatable bonds is 4. The molecule has 6 heteroatoms. The molecule has 1 aliphatic rings. The van der Waals surface area contributed by atoms with Crippen molar-refractivity contribution >= 4 is 21.6 Å². The molecule has 2 N–H and O–H groups in total. The molecule has 0 fully saturated rings. The topological polar surface area (TPSA) is 75.3 Å². The Kier molecular flexibility index (Phi) is 4.09. The van der Waals surface area contributed by atoms with Gasteiger partial charge in [0.2, 0.25) is 0 Å². The molecule has 0 saturated heterocycles. The number of hydrogen-bond acceptors (Lipinski definition) is 3. The summed E-state index contributed by atoms with van der Waals surface area (Å²) >= 11 is 0. The number of nitrogens with one attached hydrogen (secondary N) is 2. The van der Waals surface area contributed by atoms with Crippen LogP contribution in [-0.4, -0.2) is 21.4 Å². The third-order valence-corrected chi connectivity index (χ3v) is 5.39. The Morgan fingerprint density at radius 1 is 1.04 bits per heavy atom. The van der Waals surface area contributed by atoms with E-state index in [1.807, 2.05) is 6.07 Å². The van der Waals surface area contributed by atoms with Gasteiger partial charge in [-0.1, -0.05) is 18.2 Å². The Morgan fingerprint density at radius 3 is 2.57 bits per heavy atom. The molecule has 0 atom stereocenters. The van der Waals surface area contributed by atoms with E-state index in [2.05, 4.69) is 10.0 Å². The number of para-hydroxylation sites is 1. The molecule has 0 radical (unpaired) electrons. The summed E-state index contributed by atoms with van der Waals surface area (Å²) in [5, 5.41) is 2.51. The third-order valence-electron chi connectivity index (χ3n) is 4.02. The summed E-state index contributed by atoms with van der Waals surface area (Å²) in [4.78, 5) is 12.1. The summed E-state index contributed by atoms with van der Waals surface area (Å²) in [5.41, 5.74) is 2.87. The lowest BCUT2D eigenvalue weighted by Crippen LogP contribution is -2.21. The average molecular weight is 330 g/mol. The van der Waals surface area contributed by atoms with Crippen molar-refractivity contribution < 1.29 is 13.2 Å². The van der Waals surface area contributed by atoms with Crippen LogP contribution in [-0.2, 0) is 22.9 Å². The highest BCUT2D eigenvalue weighted by molar-refractivity contribution is 7.92. The van der Waals surface area contributed by atoms with Crippen LogP contribution < -0.4 is 10.0 Å². The van der Waals surface area contributed by atoms with Crippen molar-refractivity contribution in [3.8, 4) is 0 Å². The van der Waals surface area contributed by atoms with Crippen LogP contribution in [0.5, 0.6) is 0 Å². The normalized spacial score (nSPS) is 13.4. The molecular formula is C17H18N2O3S. The molecule has 0 heterocycles. The van der Waals surface area contributed by atoms with E-state index in [0.29, 0.717) is 5.56 Å². The van der Waals surface area contributed by atoms with E-state index in [1.165, 1.54) is 12.6 Å². The molecule has 120 valence electrons. The highest BCUT2D eigenvalue weighted by Gasteiger charge is 2.20. The minimum Gasteiger partial charge on any atom is -0.355 e. The van der Waals surface area contributed by atoms with Gasteiger partial charge in [-0.15, -0.1) is 0 Å². The fraction of sp³-hybridized carbons (Fsp3) is 0.235. The zero-order valence-corrected chi connectivity index (χ0v) is 13.6. The summed E-state index contributed by atoms with van der Waals surface area (Å²) < 4.78 is 27.8. The van der Waals surface area contributed by atoms with Crippen LogP contribution in [0.3, 0.4) is 0 Å². The van der Waals surface area contributed by atoms with Crippen molar-refractivity contribution in [2.75, 3.05) is 11.8 Å². The van der Waals surface area contributed by atoms with E-state index >= 15 is 0 Å². The largest absolute Gasteiger partial charge is 0.355 e. The summed E-state index contributed by atoms with van der Waals surface area (Å²) in [6, 6.07) is 11.8. The van der Waals surface area contributed by atoms with Gasteiger partial charge < -0.3 is 5.32 Å². The molecule has 0 bridgehead atoms. The molecular weight excluding hydrogens is 312 g/mol. The molecule has 0 saturated carbocycles. The first-order chi connectivity index (χ1) is 11.0. The number of sulfonamides is 1. The van der Waals surface area contributed by atoms with Gasteiger partial charge in [-0.2, -0.15) is 0 Å². The fourth-order valence-corrected chi connectivity index (χ4v) is 3.95. The van der Waals surface area contributed by atoms with Gasteiger partial charge in [-0.3, -0.25) is 9.52 Å². The van der Waals surface area contributed by atoms with Crippen LogP contribution in [0.4, 0.5) is 5.69 Å². The fourth-order valence-electron chi connectivity index (χ4n) is 2.82. The maximum atomic E-state index is 12.6. The first kappa shape index (κ1) is 15.6.